The predicted octanol–water partition coefficient (Wildman–Crippen LogP) is 3.02. The fraction of sp³-hybridized carbons (Fsp3) is 0.500. The molecular formula is C12H18FNO. The lowest BCUT2D eigenvalue weighted by Crippen LogP contribution is -2.23. The van der Waals surface area contributed by atoms with Crippen LogP contribution in [0.3, 0.4) is 0 Å². The molecule has 0 saturated carbocycles. The van der Waals surface area contributed by atoms with E-state index in [2.05, 4.69) is 0 Å². The second-order valence-electron chi connectivity index (χ2n) is 4.69. The average Bonchev–Trinajstić information content (AvgIpc) is 2.05. The van der Waals surface area contributed by atoms with Gasteiger partial charge in [-0.2, -0.15) is 0 Å². The number of benzene rings is 1. The van der Waals surface area contributed by atoms with Gasteiger partial charge in [0.2, 0.25) is 0 Å². The van der Waals surface area contributed by atoms with Gasteiger partial charge in [-0.1, -0.05) is 6.07 Å². The molecule has 1 rings (SSSR count). The molecule has 0 amide bonds. The molecule has 1 aromatic carbocycles. The Morgan fingerprint density at radius 2 is 1.93 bits per heavy atom. The molecule has 15 heavy (non-hydrogen) atoms. The molecule has 0 fully saturated rings. The van der Waals surface area contributed by atoms with Crippen molar-refractivity contribution in [1.82, 2.24) is 0 Å². The molecule has 3 heteroatoms. The highest BCUT2D eigenvalue weighted by atomic mass is 19.1. The van der Waals surface area contributed by atoms with Crippen molar-refractivity contribution in [2.24, 2.45) is 5.73 Å². The van der Waals surface area contributed by atoms with Crippen LogP contribution < -0.4 is 10.5 Å². The molecule has 0 bridgehead atoms. The summed E-state index contributed by atoms with van der Waals surface area (Å²) in [5.41, 5.74) is 6.03. The van der Waals surface area contributed by atoms with E-state index in [-0.39, 0.29) is 17.6 Å². The minimum Gasteiger partial charge on any atom is -0.485 e. The van der Waals surface area contributed by atoms with Crippen molar-refractivity contribution in [1.29, 1.82) is 0 Å². The van der Waals surface area contributed by atoms with E-state index in [0.29, 0.717) is 0 Å². The van der Waals surface area contributed by atoms with E-state index in [1.807, 2.05) is 27.7 Å². The van der Waals surface area contributed by atoms with Crippen molar-refractivity contribution >= 4 is 0 Å². The minimum atomic E-state index is -0.392. The number of hydrogen-bond acceptors (Lipinski definition) is 2. The van der Waals surface area contributed by atoms with Crippen molar-refractivity contribution in [2.45, 2.75) is 39.3 Å². The smallest absolute Gasteiger partial charge is 0.165 e. The molecule has 1 atom stereocenters. The van der Waals surface area contributed by atoms with Crippen LogP contribution in [-0.2, 0) is 0 Å². The summed E-state index contributed by atoms with van der Waals surface area (Å²) < 4.78 is 19.0. The van der Waals surface area contributed by atoms with E-state index in [0.717, 1.165) is 5.56 Å². The molecule has 1 aromatic rings. The molecule has 0 aliphatic heterocycles. The summed E-state index contributed by atoms with van der Waals surface area (Å²) in [5, 5.41) is 0. The first kappa shape index (κ1) is 12.0. The van der Waals surface area contributed by atoms with Gasteiger partial charge in [0.25, 0.3) is 0 Å². The summed E-state index contributed by atoms with van der Waals surface area (Å²) >= 11 is 0. The van der Waals surface area contributed by atoms with Gasteiger partial charge < -0.3 is 10.5 Å². The number of nitrogens with two attached hydrogens (primary N) is 1. The fourth-order valence-electron chi connectivity index (χ4n) is 1.21. The predicted molar refractivity (Wildman–Crippen MR) is 59.4 cm³/mol. The summed E-state index contributed by atoms with van der Waals surface area (Å²) in [4.78, 5) is 0. The zero-order chi connectivity index (χ0) is 11.6. The maximum atomic E-state index is 13.6. The molecule has 0 spiro atoms. The number of rotatable bonds is 2. The zero-order valence-corrected chi connectivity index (χ0v) is 9.67. The maximum absolute atomic E-state index is 13.6. The summed E-state index contributed by atoms with van der Waals surface area (Å²) in [7, 11) is 0. The Balaban J connectivity index is 2.94. The minimum absolute atomic E-state index is 0.164. The average molecular weight is 211 g/mol. The third-order valence-electron chi connectivity index (χ3n) is 1.90. The highest BCUT2D eigenvalue weighted by Crippen LogP contribution is 2.24. The van der Waals surface area contributed by atoms with Crippen LogP contribution in [0.4, 0.5) is 4.39 Å². The third kappa shape index (κ3) is 3.51. The molecule has 0 heterocycles. The molecule has 1 unspecified atom stereocenters. The van der Waals surface area contributed by atoms with E-state index >= 15 is 0 Å². The van der Waals surface area contributed by atoms with E-state index in [9.17, 15) is 4.39 Å². The Morgan fingerprint density at radius 1 is 1.33 bits per heavy atom. The normalized spacial score (nSPS) is 13.7. The highest BCUT2D eigenvalue weighted by Gasteiger charge is 2.15. The van der Waals surface area contributed by atoms with Crippen molar-refractivity contribution in [3.63, 3.8) is 0 Å². The zero-order valence-electron chi connectivity index (χ0n) is 9.67. The van der Waals surface area contributed by atoms with Crippen LogP contribution in [0.1, 0.15) is 39.3 Å². The van der Waals surface area contributed by atoms with Crippen LogP contribution in [0.25, 0.3) is 0 Å². The first-order valence-electron chi connectivity index (χ1n) is 5.03. The fourth-order valence-corrected chi connectivity index (χ4v) is 1.21. The second kappa shape index (κ2) is 4.19. The molecule has 0 radical (unpaired) electrons. The largest absolute Gasteiger partial charge is 0.485 e. The standard InChI is InChI=1S/C12H18FNO/c1-8(14)9-5-6-11(10(13)7-9)15-12(2,3)4/h5-8H,14H2,1-4H3. The molecule has 84 valence electrons. The lowest BCUT2D eigenvalue weighted by Gasteiger charge is -2.22. The van der Waals surface area contributed by atoms with Gasteiger partial charge in [-0.15, -0.1) is 0 Å². The van der Waals surface area contributed by atoms with Crippen LogP contribution in [0.5, 0.6) is 5.75 Å². The topological polar surface area (TPSA) is 35.2 Å². The van der Waals surface area contributed by atoms with Crippen molar-refractivity contribution in [3.8, 4) is 5.75 Å². The highest BCUT2D eigenvalue weighted by molar-refractivity contribution is 5.31. The molecule has 2 nitrogen and oxygen atoms in total. The van der Waals surface area contributed by atoms with Gasteiger partial charge in [-0.25, -0.2) is 4.39 Å². The van der Waals surface area contributed by atoms with E-state index in [4.69, 9.17) is 10.5 Å². The molecule has 0 aromatic heterocycles. The quantitative estimate of drug-likeness (QED) is 0.816. The summed E-state index contributed by atoms with van der Waals surface area (Å²) in [6.45, 7) is 7.46. The molecule has 0 saturated heterocycles. The third-order valence-corrected chi connectivity index (χ3v) is 1.90. The van der Waals surface area contributed by atoms with Crippen LogP contribution in [0.2, 0.25) is 0 Å². The van der Waals surface area contributed by atoms with Crippen molar-refractivity contribution in [3.05, 3.63) is 29.6 Å². The van der Waals surface area contributed by atoms with E-state index in [1.165, 1.54) is 6.07 Å². The van der Waals surface area contributed by atoms with Gasteiger partial charge in [0.1, 0.15) is 5.60 Å². The number of hydrogen-bond donors (Lipinski definition) is 1. The van der Waals surface area contributed by atoms with Gasteiger partial charge in [0, 0.05) is 6.04 Å². The monoisotopic (exact) mass is 211 g/mol. The van der Waals surface area contributed by atoms with Gasteiger partial charge in [0.15, 0.2) is 11.6 Å². The van der Waals surface area contributed by atoms with Crippen LogP contribution in [0.15, 0.2) is 18.2 Å². The first-order chi connectivity index (χ1) is 6.79. The summed E-state index contributed by atoms with van der Waals surface area (Å²) in [6, 6.07) is 4.67. The van der Waals surface area contributed by atoms with E-state index < -0.39 is 5.60 Å². The summed E-state index contributed by atoms with van der Waals surface area (Å²) in [6.07, 6.45) is 0. The summed E-state index contributed by atoms with van der Waals surface area (Å²) in [5.74, 6) is -0.0911. The van der Waals surface area contributed by atoms with Gasteiger partial charge in [-0.3, -0.25) is 0 Å². The first-order valence-corrected chi connectivity index (χ1v) is 5.03. The Labute approximate surface area is 90.2 Å². The molecule has 0 aliphatic carbocycles. The molecular weight excluding hydrogens is 193 g/mol. The Kier molecular flexibility index (Phi) is 3.35. The van der Waals surface area contributed by atoms with E-state index in [1.54, 1.807) is 12.1 Å². The van der Waals surface area contributed by atoms with Crippen molar-refractivity contribution < 1.29 is 9.13 Å². The Bertz CT molecular complexity index is 342. The van der Waals surface area contributed by atoms with Crippen LogP contribution in [0, 0.1) is 5.82 Å². The van der Waals surface area contributed by atoms with Crippen molar-refractivity contribution in [2.75, 3.05) is 0 Å². The molecule has 0 aliphatic rings. The lowest BCUT2D eigenvalue weighted by atomic mass is 10.1. The van der Waals surface area contributed by atoms with Crippen LogP contribution >= 0.6 is 0 Å². The second-order valence-corrected chi connectivity index (χ2v) is 4.69. The Hall–Kier alpha value is -1.09. The number of halogens is 1. The maximum Gasteiger partial charge on any atom is 0.165 e. The lowest BCUT2D eigenvalue weighted by molar-refractivity contribution is 0.124. The van der Waals surface area contributed by atoms with Gasteiger partial charge >= 0.3 is 0 Å². The van der Waals surface area contributed by atoms with Gasteiger partial charge in [0.05, 0.1) is 0 Å². The Morgan fingerprint density at radius 3 is 2.33 bits per heavy atom. The van der Waals surface area contributed by atoms with Crippen LogP contribution in [-0.4, -0.2) is 5.60 Å². The SMILES string of the molecule is CC(N)c1ccc(OC(C)(C)C)c(F)c1. The van der Waals surface area contributed by atoms with Gasteiger partial charge in [-0.05, 0) is 45.4 Å². The number of ether oxygens (including phenoxy) is 1. The molecule has 2 N–H and O–H groups in total.